The quantitative estimate of drug-likeness (QED) is 0.0268. The van der Waals surface area contributed by atoms with Crippen molar-refractivity contribution in [3.05, 3.63) is 11.8 Å². The lowest BCUT2D eigenvalue weighted by atomic mass is 10.1. The summed E-state index contributed by atoms with van der Waals surface area (Å²) >= 11 is 0. The molecule has 0 atom stereocenters. The first kappa shape index (κ1) is 65.3. The maximum atomic E-state index is 10.8. The topological polar surface area (TPSA) is 338 Å². The zero-order valence-electron chi connectivity index (χ0n) is 37.8. The molecule has 0 unspecified atom stereocenters. The molecule has 0 amide bonds. The molecule has 0 aliphatic rings. The first-order chi connectivity index (χ1) is 27.7. The van der Waals surface area contributed by atoms with Crippen LogP contribution in [0.2, 0.25) is 39.3 Å². The summed E-state index contributed by atoms with van der Waals surface area (Å²) in [6.07, 6.45) is 3.29. The van der Waals surface area contributed by atoms with Crippen molar-refractivity contribution in [2.45, 2.75) is 115 Å². The van der Waals surface area contributed by atoms with E-state index in [2.05, 4.69) is 67.7 Å². The van der Waals surface area contributed by atoms with E-state index in [1.807, 2.05) is 0 Å². The summed E-state index contributed by atoms with van der Waals surface area (Å²) in [5.74, 6) is -3.73. The molecule has 0 fully saturated rings. The number of rotatable bonds is 23. The van der Waals surface area contributed by atoms with Crippen molar-refractivity contribution >= 4 is 58.2 Å². The van der Waals surface area contributed by atoms with Gasteiger partial charge in [0.2, 0.25) is 0 Å². The van der Waals surface area contributed by atoms with Gasteiger partial charge in [-0.25, -0.2) is 4.79 Å². The van der Waals surface area contributed by atoms with Gasteiger partial charge in [0.25, 0.3) is 0 Å². The monoisotopic (exact) mass is 904 g/mol. The van der Waals surface area contributed by atoms with Gasteiger partial charge in [0.05, 0.1) is 61.9 Å². The SMILES string of the molecule is COC(=O)/C=C(\N)CC(=O)OC.COC(=O)CC(=O)CC(=O)OC.COC(=O)CC(N)CC(=O)OC.C[Si](C)(C)OCCC(N)CCO[Si](C)(C)C.NC(CCO)CCO. The molecule has 0 rings (SSSR count). The molecule has 0 aromatic heterocycles. The van der Waals surface area contributed by atoms with Gasteiger partial charge in [-0.3, -0.25) is 28.8 Å². The Morgan fingerprint density at radius 3 is 1.10 bits per heavy atom. The van der Waals surface area contributed by atoms with Crippen molar-refractivity contribution < 1.29 is 81.0 Å². The first-order valence-corrected chi connectivity index (χ1v) is 25.7. The van der Waals surface area contributed by atoms with Gasteiger partial charge in [-0.2, -0.15) is 0 Å². The van der Waals surface area contributed by atoms with Gasteiger partial charge >= 0.3 is 35.8 Å². The highest BCUT2D eigenvalue weighted by Crippen LogP contribution is 2.07. The number of aliphatic hydroxyl groups is 2. The molecular weight excluding hydrogens is 829 g/mol. The molecule has 0 heterocycles. The number of hydrogen-bond acceptors (Lipinski definition) is 21. The summed E-state index contributed by atoms with van der Waals surface area (Å²) in [5, 5.41) is 16.6. The van der Waals surface area contributed by atoms with Gasteiger partial charge in [-0.05, 0) is 65.0 Å². The maximum Gasteiger partial charge on any atom is 0.332 e. The van der Waals surface area contributed by atoms with Crippen LogP contribution in [0.15, 0.2) is 11.8 Å². The van der Waals surface area contributed by atoms with E-state index in [1.54, 1.807) is 0 Å². The van der Waals surface area contributed by atoms with Gasteiger partial charge in [-0.15, -0.1) is 0 Å². The van der Waals surface area contributed by atoms with Crippen LogP contribution >= 0.6 is 0 Å². The Kier molecular flexibility index (Phi) is 44.2. The zero-order valence-corrected chi connectivity index (χ0v) is 39.8. The van der Waals surface area contributed by atoms with Gasteiger partial charge < -0.3 is 70.4 Å². The average Bonchev–Trinajstić information content (AvgIpc) is 3.14. The summed E-state index contributed by atoms with van der Waals surface area (Å²) in [6.45, 7) is 15.0. The Morgan fingerprint density at radius 1 is 0.500 bits per heavy atom. The van der Waals surface area contributed by atoms with Crippen molar-refractivity contribution in [1.29, 1.82) is 0 Å². The second-order valence-electron chi connectivity index (χ2n) is 14.4. The van der Waals surface area contributed by atoms with Crippen LogP contribution in [-0.2, 0) is 70.8 Å². The Morgan fingerprint density at radius 2 is 0.817 bits per heavy atom. The molecule has 0 aromatic carbocycles. The summed E-state index contributed by atoms with van der Waals surface area (Å²) in [6, 6.07) is -0.345. The minimum atomic E-state index is -1.37. The van der Waals surface area contributed by atoms with Crippen molar-refractivity contribution in [2.24, 2.45) is 22.9 Å². The number of nitrogens with two attached hydrogens (primary N) is 4. The fourth-order valence-electron chi connectivity index (χ4n) is 3.35. The minimum absolute atomic E-state index is 0.0333. The molecule has 21 nitrogen and oxygen atoms in total. The third-order valence-electron chi connectivity index (χ3n) is 6.58. The van der Waals surface area contributed by atoms with Gasteiger partial charge in [-0.1, -0.05) is 0 Å². The van der Waals surface area contributed by atoms with Gasteiger partial charge in [0, 0.05) is 56.3 Å². The van der Waals surface area contributed by atoms with Crippen LogP contribution in [0.3, 0.4) is 0 Å². The highest BCUT2D eigenvalue weighted by Gasteiger charge is 2.17. The highest BCUT2D eigenvalue weighted by molar-refractivity contribution is 6.70. The third kappa shape index (κ3) is 56.3. The number of ketones is 1. The van der Waals surface area contributed by atoms with Crippen LogP contribution in [0.1, 0.15) is 57.8 Å². The number of methoxy groups -OCH3 is 6. The van der Waals surface area contributed by atoms with Crippen LogP contribution in [0, 0.1) is 0 Å². The smallest absolute Gasteiger partial charge is 0.332 e. The third-order valence-corrected chi connectivity index (χ3v) is 8.72. The summed E-state index contributed by atoms with van der Waals surface area (Å²) in [5.41, 5.74) is 22.2. The van der Waals surface area contributed by atoms with Gasteiger partial charge in [0.15, 0.2) is 22.4 Å². The van der Waals surface area contributed by atoms with E-state index in [4.69, 9.17) is 42.0 Å². The standard InChI is InChI=1S/C11H29NO2Si2.C7H13NO4.C7H11NO4.C7H10O5.C5H13NO2/c1-15(2,3)13-9-7-11(12)8-10-14-16(4,5)6;3*1-11-6(9)3-5(8)4-7(10)12-2;6-5(1-3-7)2-4-8/h11H,7-10,12H2,1-6H3;5H,3-4,8H2,1-2H3;3H,4,8H2,1-2H3;3-4H2,1-2H3;5,7-8H,1-4,6H2/b;;5-3-;;. The molecule has 10 N–H and O–H groups in total. The van der Waals surface area contributed by atoms with Crippen LogP contribution in [0.4, 0.5) is 0 Å². The number of ether oxygens (including phenoxy) is 6. The Hall–Kier alpha value is -3.82. The fraction of sp³-hybridized carbons (Fsp3) is 0.757. The van der Waals surface area contributed by atoms with Crippen LogP contribution in [0.5, 0.6) is 0 Å². The molecule has 0 bridgehead atoms. The molecule has 0 spiro atoms. The van der Waals surface area contributed by atoms with Crippen molar-refractivity contribution in [3.63, 3.8) is 0 Å². The van der Waals surface area contributed by atoms with Crippen molar-refractivity contribution in [3.8, 4) is 0 Å². The van der Waals surface area contributed by atoms with Crippen molar-refractivity contribution in [2.75, 3.05) is 69.1 Å². The van der Waals surface area contributed by atoms with Crippen LogP contribution in [0.25, 0.3) is 0 Å². The highest BCUT2D eigenvalue weighted by atomic mass is 28.4. The zero-order chi connectivity index (χ0) is 47.9. The molecule has 23 heteroatoms. The van der Waals surface area contributed by atoms with E-state index in [-0.39, 0.29) is 63.1 Å². The molecule has 60 heavy (non-hydrogen) atoms. The lowest BCUT2D eigenvalue weighted by Gasteiger charge is -2.21. The number of esters is 6. The predicted molar refractivity (Wildman–Crippen MR) is 228 cm³/mol. The molecule has 0 aliphatic heterocycles. The Balaban J connectivity index is -0.000000213. The largest absolute Gasteiger partial charge is 0.469 e. The second-order valence-corrected chi connectivity index (χ2v) is 23.4. The average molecular weight is 905 g/mol. The number of Topliss-reactive ketones (excluding diaryl/α,β-unsaturated/α-hetero) is 1. The minimum Gasteiger partial charge on any atom is -0.469 e. The van der Waals surface area contributed by atoms with Gasteiger partial charge in [0.1, 0.15) is 12.8 Å². The molecule has 0 saturated heterocycles. The predicted octanol–water partition coefficient (Wildman–Crippen LogP) is 0.562. The summed E-state index contributed by atoms with van der Waals surface area (Å²) in [7, 11) is 4.63. The second kappa shape index (κ2) is 40.6. The lowest BCUT2D eigenvalue weighted by molar-refractivity contribution is -0.147. The number of hydrogen-bond donors (Lipinski definition) is 6. The molecular formula is C37H76N4O17Si2. The number of carbonyl (C=O) groups is 7. The number of carbonyl (C=O) groups excluding carboxylic acids is 7. The Labute approximate surface area is 357 Å². The Bertz CT molecular complexity index is 1170. The van der Waals surface area contributed by atoms with Crippen LogP contribution in [-0.4, -0.2) is 156 Å². The summed E-state index contributed by atoms with van der Waals surface area (Å²) in [4.78, 5) is 74.2. The van der Waals surface area contributed by atoms with E-state index in [9.17, 15) is 33.6 Å². The van der Waals surface area contributed by atoms with E-state index in [0.717, 1.165) is 32.1 Å². The van der Waals surface area contributed by atoms with E-state index < -0.39 is 64.3 Å². The molecule has 0 aromatic rings. The number of aliphatic hydroxyl groups excluding tert-OH is 2. The first-order valence-electron chi connectivity index (χ1n) is 18.9. The normalized spacial score (nSPS) is 10.8. The molecule has 0 saturated carbocycles. The van der Waals surface area contributed by atoms with Crippen LogP contribution < -0.4 is 22.9 Å². The molecule has 354 valence electrons. The molecule has 0 aliphatic carbocycles. The van der Waals surface area contributed by atoms with E-state index in [0.29, 0.717) is 12.8 Å². The fourth-order valence-corrected chi connectivity index (χ4v) is 4.81. The molecule has 0 radical (unpaired) electrons. The van der Waals surface area contributed by atoms with E-state index >= 15 is 0 Å². The summed E-state index contributed by atoms with van der Waals surface area (Å²) < 4.78 is 37.3. The lowest BCUT2D eigenvalue weighted by Crippen LogP contribution is -2.32. The maximum absolute atomic E-state index is 10.8. The van der Waals surface area contributed by atoms with Crippen molar-refractivity contribution in [1.82, 2.24) is 0 Å². The van der Waals surface area contributed by atoms with E-state index in [1.165, 1.54) is 42.7 Å².